The van der Waals surface area contributed by atoms with Crippen molar-refractivity contribution in [1.82, 2.24) is 0 Å². The first-order valence-corrected chi connectivity index (χ1v) is 11.1. The monoisotopic (exact) mass is 379 g/mol. The van der Waals surface area contributed by atoms with Gasteiger partial charge in [0.1, 0.15) is 5.75 Å². The molecule has 2 heteroatoms. The molecule has 0 spiro atoms. The van der Waals surface area contributed by atoms with Gasteiger partial charge in [-0.15, -0.1) is 0 Å². The van der Waals surface area contributed by atoms with Gasteiger partial charge in [-0.2, -0.15) is 0 Å². The highest BCUT2D eigenvalue weighted by molar-refractivity contribution is 6.14. The van der Waals surface area contributed by atoms with Gasteiger partial charge in [0, 0.05) is 18.2 Å². The Labute approximate surface area is 171 Å². The van der Waals surface area contributed by atoms with Gasteiger partial charge in [0.15, 0.2) is 0 Å². The lowest BCUT2D eigenvalue weighted by atomic mass is 9.97. The van der Waals surface area contributed by atoms with Crippen molar-refractivity contribution >= 4 is 5.71 Å². The van der Waals surface area contributed by atoms with Gasteiger partial charge in [-0.05, 0) is 30.5 Å². The first kappa shape index (κ1) is 22.2. The lowest BCUT2D eigenvalue weighted by Crippen LogP contribution is -2.04. The zero-order valence-corrected chi connectivity index (χ0v) is 17.8. The van der Waals surface area contributed by atoms with E-state index in [0.29, 0.717) is 5.75 Å². The van der Waals surface area contributed by atoms with E-state index in [1.165, 1.54) is 69.8 Å². The fraction of sp³-hybridized carbons (Fsp3) is 0.500. The summed E-state index contributed by atoms with van der Waals surface area (Å²) in [5.41, 5.74) is 4.00. The average Bonchev–Trinajstić information content (AvgIpc) is 2.73. The number of aromatic hydroxyl groups is 1. The number of unbranched alkanes of at least 4 members (excludes halogenated alkanes) is 9. The minimum absolute atomic E-state index is 0.302. The summed E-state index contributed by atoms with van der Waals surface area (Å²) in [6.45, 7) is 2.27. The van der Waals surface area contributed by atoms with Crippen molar-refractivity contribution in [3.05, 3.63) is 65.2 Å². The Morgan fingerprint density at radius 1 is 0.786 bits per heavy atom. The second-order valence-corrected chi connectivity index (χ2v) is 7.72. The highest BCUT2D eigenvalue weighted by Crippen LogP contribution is 2.24. The van der Waals surface area contributed by atoms with E-state index in [0.717, 1.165) is 23.3 Å². The van der Waals surface area contributed by atoms with Crippen LogP contribution in [0, 0.1) is 0 Å². The number of hydrogen-bond acceptors (Lipinski definition) is 2. The average molecular weight is 380 g/mol. The zero-order chi connectivity index (χ0) is 20.0. The van der Waals surface area contributed by atoms with Crippen molar-refractivity contribution in [2.45, 2.75) is 77.6 Å². The first-order chi connectivity index (χ1) is 13.8. The Morgan fingerprint density at radius 2 is 1.39 bits per heavy atom. The molecular formula is C26H37NO. The number of benzene rings is 2. The maximum absolute atomic E-state index is 10.4. The van der Waals surface area contributed by atoms with E-state index < -0.39 is 0 Å². The minimum Gasteiger partial charge on any atom is -0.507 e. The quantitative estimate of drug-likeness (QED) is 0.287. The molecule has 2 nitrogen and oxygen atoms in total. The molecule has 0 fully saturated rings. The molecule has 2 aromatic carbocycles. The first-order valence-electron chi connectivity index (χ1n) is 11.1. The maximum Gasteiger partial charge on any atom is 0.124 e. The summed E-state index contributed by atoms with van der Waals surface area (Å²) in [5.74, 6) is 0.302. The van der Waals surface area contributed by atoms with Crippen LogP contribution in [0.5, 0.6) is 5.75 Å². The molecule has 0 radical (unpaired) electrons. The summed E-state index contributed by atoms with van der Waals surface area (Å²) in [4.78, 5) is 4.44. The number of phenolic OH excluding ortho intramolecular Hbond substituents is 1. The number of nitrogens with zero attached hydrogens (tertiary/aromatic N) is 1. The van der Waals surface area contributed by atoms with Crippen LogP contribution in [-0.4, -0.2) is 17.9 Å². The third-order valence-electron chi connectivity index (χ3n) is 5.41. The van der Waals surface area contributed by atoms with Crippen LogP contribution in [0.1, 0.15) is 87.8 Å². The Hall–Kier alpha value is -2.09. The van der Waals surface area contributed by atoms with Crippen LogP contribution in [0.2, 0.25) is 0 Å². The lowest BCUT2D eigenvalue weighted by molar-refractivity contribution is 0.474. The Bertz CT molecular complexity index is 706. The largest absolute Gasteiger partial charge is 0.507 e. The van der Waals surface area contributed by atoms with Crippen molar-refractivity contribution in [2.75, 3.05) is 7.05 Å². The molecule has 0 atom stereocenters. The second kappa shape index (κ2) is 13.1. The topological polar surface area (TPSA) is 32.6 Å². The highest BCUT2D eigenvalue weighted by atomic mass is 16.3. The van der Waals surface area contributed by atoms with Crippen LogP contribution in [-0.2, 0) is 6.42 Å². The zero-order valence-electron chi connectivity index (χ0n) is 17.8. The number of hydrogen-bond donors (Lipinski definition) is 1. The van der Waals surface area contributed by atoms with Gasteiger partial charge >= 0.3 is 0 Å². The van der Waals surface area contributed by atoms with Crippen molar-refractivity contribution in [2.24, 2.45) is 4.99 Å². The van der Waals surface area contributed by atoms with E-state index >= 15 is 0 Å². The molecule has 0 aliphatic heterocycles. The molecule has 28 heavy (non-hydrogen) atoms. The lowest BCUT2D eigenvalue weighted by Gasteiger charge is -2.11. The van der Waals surface area contributed by atoms with Gasteiger partial charge in [-0.1, -0.05) is 101 Å². The molecule has 1 N–H and O–H groups in total. The van der Waals surface area contributed by atoms with Crippen LogP contribution in [0.3, 0.4) is 0 Å². The molecule has 0 aliphatic rings. The molecule has 0 bridgehead atoms. The predicted molar refractivity (Wildman–Crippen MR) is 122 cm³/mol. The fourth-order valence-electron chi connectivity index (χ4n) is 3.75. The predicted octanol–water partition coefficient (Wildman–Crippen LogP) is 7.32. The second-order valence-electron chi connectivity index (χ2n) is 7.72. The molecule has 0 saturated carbocycles. The van der Waals surface area contributed by atoms with Gasteiger partial charge in [0.25, 0.3) is 0 Å². The molecular weight excluding hydrogens is 342 g/mol. The van der Waals surface area contributed by atoms with Gasteiger partial charge in [0.05, 0.1) is 5.71 Å². The van der Waals surface area contributed by atoms with E-state index in [4.69, 9.17) is 0 Å². The van der Waals surface area contributed by atoms with Gasteiger partial charge < -0.3 is 5.11 Å². The Morgan fingerprint density at radius 3 is 2.00 bits per heavy atom. The summed E-state index contributed by atoms with van der Waals surface area (Å²) >= 11 is 0. The van der Waals surface area contributed by atoms with Crippen molar-refractivity contribution in [1.29, 1.82) is 0 Å². The SMILES string of the molecule is CCCCCCCCCCCCc1ccc(O)c(C(=NC)c2ccccc2)c1. The van der Waals surface area contributed by atoms with Crippen molar-refractivity contribution < 1.29 is 5.11 Å². The van der Waals surface area contributed by atoms with Crippen LogP contribution < -0.4 is 0 Å². The van der Waals surface area contributed by atoms with Crippen LogP contribution in [0.15, 0.2) is 53.5 Å². The molecule has 152 valence electrons. The van der Waals surface area contributed by atoms with Gasteiger partial charge in [0.2, 0.25) is 0 Å². The summed E-state index contributed by atoms with van der Waals surface area (Å²) < 4.78 is 0. The molecule has 0 aliphatic carbocycles. The third-order valence-corrected chi connectivity index (χ3v) is 5.41. The van der Waals surface area contributed by atoms with Crippen LogP contribution in [0.4, 0.5) is 0 Å². The van der Waals surface area contributed by atoms with E-state index in [-0.39, 0.29) is 0 Å². The standard InChI is InChI=1S/C26H37NO/c1-3-4-5-6-7-8-9-10-11-13-16-22-19-20-25(28)24(21-22)26(27-2)23-17-14-12-15-18-23/h12,14-15,17-21,28H,3-11,13,16H2,1-2H3. The highest BCUT2D eigenvalue weighted by Gasteiger charge is 2.11. The molecule has 0 unspecified atom stereocenters. The van der Waals surface area contributed by atoms with E-state index in [2.05, 4.69) is 18.0 Å². The smallest absolute Gasteiger partial charge is 0.124 e. The summed E-state index contributed by atoms with van der Waals surface area (Å²) in [6, 6.07) is 16.1. The number of phenols is 1. The van der Waals surface area contributed by atoms with E-state index in [9.17, 15) is 5.11 Å². The number of aliphatic imine (C=N–C) groups is 1. The number of aryl methyl sites for hydroxylation is 1. The van der Waals surface area contributed by atoms with Gasteiger partial charge in [-0.3, -0.25) is 4.99 Å². The fourth-order valence-corrected chi connectivity index (χ4v) is 3.75. The molecule has 2 rings (SSSR count). The third kappa shape index (κ3) is 7.50. The minimum atomic E-state index is 0.302. The molecule has 2 aromatic rings. The maximum atomic E-state index is 10.4. The molecule has 0 heterocycles. The van der Waals surface area contributed by atoms with E-state index in [1.54, 1.807) is 7.05 Å². The molecule has 0 saturated heterocycles. The molecule has 0 amide bonds. The number of rotatable bonds is 13. The Kier molecular flexibility index (Phi) is 10.4. The molecule has 0 aromatic heterocycles. The summed E-state index contributed by atoms with van der Waals surface area (Å²) in [6.07, 6.45) is 14.6. The Balaban J connectivity index is 1.79. The normalized spacial score (nSPS) is 11.7. The van der Waals surface area contributed by atoms with Crippen LogP contribution >= 0.6 is 0 Å². The summed E-state index contributed by atoms with van der Waals surface area (Å²) in [5, 5.41) is 10.4. The van der Waals surface area contributed by atoms with Gasteiger partial charge in [-0.25, -0.2) is 0 Å². The summed E-state index contributed by atoms with van der Waals surface area (Å²) in [7, 11) is 1.79. The van der Waals surface area contributed by atoms with E-state index in [1.807, 2.05) is 42.5 Å². The van der Waals surface area contributed by atoms with Crippen molar-refractivity contribution in [3.8, 4) is 5.75 Å². The van der Waals surface area contributed by atoms with Crippen molar-refractivity contribution in [3.63, 3.8) is 0 Å². The van der Waals surface area contributed by atoms with Crippen LogP contribution in [0.25, 0.3) is 0 Å².